The van der Waals surface area contributed by atoms with Crippen molar-refractivity contribution >= 4 is 33.2 Å². The number of aromatic nitrogens is 1. The van der Waals surface area contributed by atoms with E-state index in [0.29, 0.717) is 0 Å². The van der Waals surface area contributed by atoms with Crippen LogP contribution in [0.5, 0.6) is 0 Å². The molecule has 1 aliphatic carbocycles. The molecule has 0 fully saturated rings. The monoisotopic (exact) mass is 456 g/mol. The fraction of sp³-hybridized carbons (Fsp3) is 0.242. The van der Waals surface area contributed by atoms with Gasteiger partial charge >= 0.3 is 0 Å². The van der Waals surface area contributed by atoms with Crippen molar-refractivity contribution in [2.75, 3.05) is 0 Å². The highest BCUT2D eigenvalue weighted by Gasteiger charge is 2.25. The smallest absolute Gasteiger partial charge is 0.0881 e. The van der Waals surface area contributed by atoms with Crippen LogP contribution in [0.1, 0.15) is 63.8 Å². The van der Waals surface area contributed by atoms with Gasteiger partial charge in [0.2, 0.25) is 0 Å². The number of nitrogens with zero attached hydrogens (tertiary/aromatic N) is 1. The maximum Gasteiger partial charge on any atom is 0.0881 e. The highest BCUT2D eigenvalue weighted by atomic mass is 14.8. The van der Waals surface area contributed by atoms with E-state index in [2.05, 4.69) is 125 Å². The average molecular weight is 457 g/mol. The van der Waals surface area contributed by atoms with Crippen molar-refractivity contribution in [2.24, 2.45) is 4.99 Å². The van der Waals surface area contributed by atoms with E-state index in [-0.39, 0.29) is 10.8 Å². The lowest BCUT2D eigenvalue weighted by atomic mass is 9.84. The van der Waals surface area contributed by atoms with E-state index >= 15 is 0 Å². The highest BCUT2D eigenvalue weighted by molar-refractivity contribution is 6.26. The van der Waals surface area contributed by atoms with Crippen molar-refractivity contribution in [3.05, 3.63) is 101 Å². The molecule has 4 aromatic carbocycles. The predicted molar refractivity (Wildman–Crippen MR) is 150 cm³/mol. The fourth-order valence-corrected chi connectivity index (χ4v) is 5.20. The Morgan fingerprint density at radius 3 is 1.69 bits per heavy atom. The van der Waals surface area contributed by atoms with Gasteiger partial charge in [0.1, 0.15) is 0 Å². The molecule has 35 heavy (non-hydrogen) atoms. The molecule has 0 saturated carbocycles. The fourth-order valence-electron chi connectivity index (χ4n) is 5.20. The number of nitrogens with one attached hydrogen (secondary N) is 1. The van der Waals surface area contributed by atoms with Crippen molar-refractivity contribution in [1.29, 1.82) is 0 Å². The minimum absolute atomic E-state index is 0.0137. The summed E-state index contributed by atoms with van der Waals surface area (Å²) >= 11 is 0. The number of aliphatic imine (C=N–C) groups is 1. The van der Waals surface area contributed by atoms with Crippen LogP contribution in [0.2, 0.25) is 0 Å². The molecule has 5 aromatic rings. The second kappa shape index (κ2) is 7.42. The zero-order chi connectivity index (χ0) is 24.5. The first-order chi connectivity index (χ1) is 16.6. The van der Waals surface area contributed by atoms with Gasteiger partial charge < -0.3 is 4.98 Å². The summed E-state index contributed by atoms with van der Waals surface area (Å²) < 4.78 is 0. The summed E-state index contributed by atoms with van der Waals surface area (Å²) in [5, 5.41) is 2.52. The number of rotatable bonds is 1. The summed E-state index contributed by atoms with van der Waals surface area (Å²) in [6, 6.07) is 28.7. The van der Waals surface area contributed by atoms with Crippen LogP contribution >= 0.6 is 0 Å². The second-order valence-electron chi connectivity index (χ2n) is 11.9. The predicted octanol–water partition coefficient (Wildman–Crippen LogP) is 9.07. The first kappa shape index (κ1) is 21.9. The maximum atomic E-state index is 5.39. The van der Waals surface area contributed by atoms with Gasteiger partial charge in [-0.2, -0.15) is 0 Å². The third kappa shape index (κ3) is 3.51. The summed E-state index contributed by atoms with van der Waals surface area (Å²) in [6.07, 6.45) is 0. The lowest BCUT2D eigenvalue weighted by Crippen LogP contribution is -2.11. The number of benzene rings is 4. The number of hydrogen-bond donors (Lipinski definition) is 1. The zero-order valence-corrected chi connectivity index (χ0v) is 21.5. The van der Waals surface area contributed by atoms with Gasteiger partial charge in [-0.05, 0) is 57.3 Å². The molecule has 0 spiro atoms. The zero-order valence-electron chi connectivity index (χ0n) is 21.5. The third-order valence-electron chi connectivity index (χ3n) is 7.31. The van der Waals surface area contributed by atoms with Gasteiger partial charge in [0, 0.05) is 27.4 Å². The molecule has 6 rings (SSSR count). The molecule has 2 nitrogen and oxygen atoms in total. The summed E-state index contributed by atoms with van der Waals surface area (Å²) in [5.41, 5.74) is 12.0. The molecule has 0 radical (unpaired) electrons. The summed E-state index contributed by atoms with van der Waals surface area (Å²) in [6.45, 7) is 13.7. The molecule has 0 aliphatic heterocycles. The normalized spacial score (nSPS) is 13.4. The lowest BCUT2D eigenvalue weighted by Gasteiger charge is -2.20. The number of H-pyrrole nitrogens is 1. The van der Waals surface area contributed by atoms with Crippen molar-refractivity contribution in [3.63, 3.8) is 0 Å². The van der Waals surface area contributed by atoms with Crippen LogP contribution in [0, 0.1) is 0 Å². The standard InChI is InChI=1S/C33H32N2/c1-32(2,3)20-15-16-28-26(17-20)27-18-21(33(4,5)6)19-29(31(27)34-28)35-30-24-13-9-7-11-22(24)23-12-8-10-14-25(23)30/h7-19,34H,1-6H3. The van der Waals surface area contributed by atoms with E-state index in [4.69, 9.17) is 4.99 Å². The number of hydrogen-bond acceptors (Lipinski definition) is 1. The molecule has 0 saturated heterocycles. The Balaban J connectivity index is 1.67. The Kier molecular flexibility index (Phi) is 4.63. The molecule has 0 unspecified atom stereocenters. The summed E-state index contributed by atoms with van der Waals surface area (Å²) in [4.78, 5) is 9.11. The van der Waals surface area contributed by atoms with E-state index in [1.165, 1.54) is 44.2 Å². The summed E-state index contributed by atoms with van der Waals surface area (Å²) in [5.74, 6) is 0. The maximum absolute atomic E-state index is 5.39. The molecule has 1 heterocycles. The van der Waals surface area contributed by atoms with Crippen LogP contribution in [0.4, 0.5) is 5.69 Å². The molecule has 1 aromatic heterocycles. The van der Waals surface area contributed by atoms with Crippen LogP contribution in [0.3, 0.4) is 0 Å². The van der Waals surface area contributed by atoms with E-state index in [0.717, 1.165) is 22.4 Å². The van der Waals surface area contributed by atoms with Crippen LogP contribution in [-0.4, -0.2) is 10.7 Å². The molecule has 1 N–H and O–H groups in total. The quantitative estimate of drug-likeness (QED) is 0.256. The van der Waals surface area contributed by atoms with Crippen LogP contribution in [-0.2, 0) is 10.8 Å². The van der Waals surface area contributed by atoms with Gasteiger partial charge in [-0.1, -0.05) is 96.1 Å². The van der Waals surface area contributed by atoms with Crippen molar-refractivity contribution in [2.45, 2.75) is 52.4 Å². The largest absolute Gasteiger partial charge is 0.353 e. The van der Waals surface area contributed by atoms with Gasteiger partial charge in [-0.15, -0.1) is 0 Å². The second-order valence-corrected chi connectivity index (χ2v) is 11.9. The van der Waals surface area contributed by atoms with Gasteiger partial charge in [0.15, 0.2) is 0 Å². The molecule has 174 valence electrons. The van der Waals surface area contributed by atoms with Crippen molar-refractivity contribution in [1.82, 2.24) is 4.98 Å². The van der Waals surface area contributed by atoms with E-state index < -0.39 is 0 Å². The Bertz CT molecular complexity index is 1600. The first-order valence-electron chi connectivity index (χ1n) is 12.5. The Labute approximate surface area is 207 Å². The molecule has 2 heteroatoms. The third-order valence-corrected chi connectivity index (χ3v) is 7.31. The van der Waals surface area contributed by atoms with Crippen molar-refractivity contribution < 1.29 is 0 Å². The number of aromatic amines is 1. The first-order valence-corrected chi connectivity index (χ1v) is 12.5. The molecular weight excluding hydrogens is 424 g/mol. The average Bonchev–Trinajstić information content (AvgIpc) is 3.34. The lowest BCUT2D eigenvalue weighted by molar-refractivity contribution is 0.590. The molecule has 0 atom stereocenters. The highest BCUT2D eigenvalue weighted by Crippen LogP contribution is 2.42. The van der Waals surface area contributed by atoms with Crippen LogP contribution in [0.25, 0.3) is 32.9 Å². The van der Waals surface area contributed by atoms with Gasteiger partial charge in [-0.25, -0.2) is 4.99 Å². The van der Waals surface area contributed by atoms with E-state index in [9.17, 15) is 0 Å². The molecular formula is C33H32N2. The molecule has 0 bridgehead atoms. The van der Waals surface area contributed by atoms with Crippen molar-refractivity contribution in [3.8, 4) is 11.1 Å². The Hall–Kier alpha value is -3.65. The molecule has 0 amide bonds. The van der Waals surface area contributed by atoms with Crippen LogP contribution < -0.4 is 0 Å². The Morgan fingerprint density at radius 2 is 1.11 bits per heavy atom. The minimum atomic E-state index is 0.0137. The summed E-state index contributed by atoms with van der Waals surface area (Å²) in [7, 11) is 0. The Morgan fingerprint density at radius 1 is 0.571 bits per heavy atom. The number of fused-ring (bicyclic) bond motifs is 6. The van der Waals surface area contributed by atoms with Gasteiger partial charge in [0.05, 0.1) is 16.9 Å². The van der Waals surface area contributed by atoms with Crippen LogP contribution in [0.15, 0.2) is 83.9 Å². The van der Waals surface area contributed by atoms with E-state index in [1.807, 2.05) is 0 Å². The minimum Gasteiger partial charge on any atom is -0.353 e. The van der Waals surface area contributed by atoms with Gasteiger partial charge in [0.25, 0.3) is 0 Å². The van der Waals surface area contributed by atoms with E-state index in [1.54, 1.807) is 0 Å². The van der Waals surface area contributed by atoms with Gasteiger partial charge in [-0.3, -0.25) is 0 Å². The molecule has 1 aliphatic rings. The topological polar surface area (TPSA) is 28.1 Å². The SMILES string of the molecule is CC(C)(C)c1ccc2[nH]c3c(N=C4c5ccccc5-c5ccccc54)cc(C(C)(C)C)cc3c2c1.